The Morgan fingerprint density at radius 1 is 1.33 bits per heavy atom. The molecule has 1 N–H and O–H groups in total. The summed E-state index contributed by atoms with van der Waals surface area (Å²) < 4.78 is 11.9. The van der Waals surface area contributed by atoms with E-state index in [1.165, 1.54) is 21.8 Å². The van der Waals surface area contributed by atoms with E-state index in [-0.39, 0.29) is 18.3 Å². The molecule has 0 bridgehead atoms. The van der Waals surface area contributed by atoms with Crippen molar-refractivity contribution >= 4 is 35.1 Å². The summed E-state index contributed by atoms with van der Waals surface area (Å²) in [7, 11) is 3.15. The van der Waals surface area contributed by atoms with Crippen LogP contribution in [0, 0.1) is 10.1 Å². The van der Waals surface area contributed by atoms with Crippen molar-refractivity contribution in [3.63, 3.8) is 0 Å². The Morgan fingerprint density at radius 2 is 2.13 bits per heavy atom. The number of thiocarbonyl (C=S) groups is 1. The van der Waals surface area contributed by atoms with E-state index in [4.69, 9.17) is 21.7 Å². The summed E-state index contributed by atoms with van der Waals surface area (Å²) in [6, 6.07) is 6.75. The van der Waals surface area contributed by atoms with Crippen LogP contribution in [0.5, 0.6) is 5.75 Å². The third-order valence-corrected chi connectivity index (χ3v) is 4.78. The summed E-state index contributed by atoms with van der Waals surface area (Å²) >= 11 is 5.26. The molecule has 10 nitrogen and oxygen atoms in total. The number of benzene rings is 1. The van der Waals surface area contributed by atoms with E-state index in [1.54, 1.807) is 26.4 Å². The molecule has 0 radical (unpaired) electrons. The molecule has 3 rings (SSSR count). The van der Waals surface area contributed by atoms with Crippen molar-refractivity contribution in [3.05, 3.63) is 57.4 Å². The van der Waals surface area contributed by atoms with Crippen molar-refractivity contribution < 1.29 is 19.2 Å². The molecule has 1 saturated heterocycles. The molecule has 1 fully saturated rings. The first kappa shape index (κ1) is 21.4. The monoisotopic (exact) mass is 431 g/mol. The maximum Gasteiger partial charge on any atom is 0.389 e. The number of ether oxygens (including phenoxy) is 2. The van der Waals surface area contributed by atoms with Gasteiger partial charge >= 0.3 is 5.82 Å². The van der Waals surface area contributed by atoms with Gasteiger partial charge in [0.2, 0.25) is 0 Å². The summed E-state index contributed by atoms with van der Waals surface area (Å²) in [4.78, 5) is 24.4. The third kappa shape index (κ3) is 4.81. The number of aromatic nitrogens is 2. The quantitative estimate of drug-likeness (QED) is 0.211. The second kappa shape index (κ2) is 9.46. The molecule has 0 saturated carbocycles. The van der Waals surface area contributed by atoms with E-state index >= 15 is 0 Å². The Hall–Kier alpha value is -3.31. The highest BCUT2D eigenvalue weighted by Crippen LogP contribution is 2.23. The Labute approximate surface area is 178 Å². The predicted octanol–water partition coefficient (Wildman–Crippen LogP) is 1.94. The van der Waals surface area contributed by atoms with Crippen LogP contribution < -0.4 is 10.1 Å². The molecular weight excluding hydrogens is 410 g/mol. The van der Waals surface area contributed by atoms with Gasteiger partial charge in [0.05, 0.1) is 31.0 Å². The van der Waals surface area contributed by atoms with Gasteiger partial charge in [-0.1, -0.05) is 6.07 Å². The summed E-state index contributed by atoms with van der Waals surface area (Å²) in [6.45, 7) is 1.29. The van der Waals surface area contributed by atoms with E-state index in [9.17, 15) is 14.9 Å². The van der Waals surface area contributed by atoms with Gasteiger partial charge in [-0.25, -0.2) is 0 Å². The molecule has 1 aliphatic rings. The van der Waals surface area contributed by atoms with E-state index in [2.05, 4.69) is 10.4 Å². The van der Waals surface area contributed by atoms with E-state index < -0.39 is 4.92 Å². The van der Waals surface area contributed by atoms with Gasteiger partial charge in [0, 0.05) is 25.8 Å². The van der Waals surface area contributed by atoms with E-state index in [0.29, 0.717) is 36.1 Å². The van der Waals surface area contributed by atoms with Crippen LogP contribution in [-0.2, 0) is 16.1 Å². The van der Waals surface area contributed by atoms with Crippen LogP contribution in [0.2, 0.25) is 0 Å². The van der Waals surface area contributed by atoms with Crippen LogP contribution in [0.1, 0.15) is 17.5 Å². The molecular formula is C19H21N5O5S. The molecule has 0 aliphatic carbocycles. The number of nitrogens with zero attached hydrogens (tertiary/aromatic N) is 4. The Bertz CT molecular complexity index is 1000. The van der Waals surface area contributed by atoms with Crippen molar-refractivity contribution in [3.8, 4) is 5.75 Å². The average Bonchev–Trinajstić information content (AvgIpc) is 3.28. The largest absolute Gasteiger partial charge is 0.496 e. The zero-order chi connectivity index (χ0) is 21.7. The van der Waals surface area contributed by atoms with Crippen LogP contribution in [-0.4, -0.2) is 58.0 Å². The Kier molecular flexibility index (Phi) is 6.75. The van der Waals surface area contributed by atoms with Crippen molar-refractivity contribution in [2.45, 2.75) is 13.0 Å². The second-order valence-electron chi connectivity index (χ2n) is 6.49. The number of carbonyl (C=O) groups excluding carboxylic acids is 1. The summed E-state index contributed by atoms with van der Waals surface area (Å²) in [6.07, 6.45) is 3.92. The zero-order valence-electron chi connectivity index (χ0n) is 16.5. The number of methoxy groups -OCH3 is 2. The lowest BCUT2D eigenvalue weighted by molar-refractivity contribution is -0.389. The second-order valence-corrected chi connectivity index (χ2v) is 6.88. The van der Waals surface area contributed by atoms with Crippen LogP contribution in [0.4, 0.5) is 5.82 Å². The average molecular weight is 431 g/mol. The van der Waals surface area contributed by atoms with Gasteiger partial charge in [0.1, 0.15) is 11.4 Å². The number of carbonyl (C=O) groups is 1. The number of amides is 1. The first-order valence-corrected chi connectivity index (χ1v) is 9.52. The fraction of sp³-hybridized carbons (Fsp3) is 0.316. The highest BCUT2D eigenvalue weighted by Gasteiger charge is 2.30. The molecule has 0 spiro atoms. The fourth-order valence-corrected chi connectivity index (χ4v) is 3.32. The van der Waals surface area contributed by atoms with Crippen molar-refractivity contribution in [2.75, 3.05) is 27.4 Å². The van der Waals surface area contributed by atoms with Crippen LogP contribution >= 0.6 is 12.2 Å². The highest BCUT2D eigenvalue weighted by atomic mass is 32.1. The number of nitro groups is 1. The lowest BCUT2D eigenvalue weighted by atomic mass is 10.1. The number of hydrogen-bond donors (Lipinski definition) is 1. The number of rotatable bonds is 9. The van der Waals surface area contributed by atoms with Gasteiger partial charge < -0.3 is 24.9 Å². The number of hydrogen-bond acceptors (Lipinski definition) is 7. The minimum atomic E-state index is -0.548. The lowest BCUT2D eigenvalue weighted by Gasteiger charge is -2.13. The van der Waals surface area contributed by atoms with Crippen molar-refractivity contribution in [2.24, 2.45) is 0 Å². The van der Waals surface area contributed by atoms with Gasteiger partial charge in [0.25, 0.3) is 5.91 Å². The van der Waals surface area contributed by atoms with Gasteiger partial charge in [-0.15, -0.1) is 0 Å². The summed E-state index contributed by atoms with van der Waals surface area (Å²) in [5, 5.41) is 18.1. The predicted molar refractivity (Wildman–Crippen MR) is 113 cm³/mol. The minimum Gasteiger partial charge on any atom is -0.496 e. The van der Waals surface area contributed by atoms with Gasteiger partial charge in [-0.3, -0.25) is 9.69 Å². The zero-order valence-corrected chi connectivity index (χ0v) is 17.3. The molecule has 2 heterocycles. The van der Waals surface area contributed by atoms with Crippen LogP contribution in [0.25, 0.3) is 6.08 Å². The molecule has 1 aliphatic heterocycles. The highest BCUT2D eigenvalue weighted by molar-refractivity contribution is 7.80. The molecule has 1 aromatic heterocycles. The molecule has 0 atom stereocenters. The normalized spacial score (nSPS) is 15.0. The molecule has 2 aromatic rings. The molecule has 1 amide bonds. The molecule has 1 aromatic carbocycles. The topological polar surface area (TPSA) is 112 Å². The SMILES string of the molecule is COCCCN1C(=O)/C(=C\c2ccc(OC)c(Cn3ccc([N+](=O)[O-])n3)c2)NC1=S. The standard InChI is InChI=1S/C19H21N5O5S/c1-28-9-3-7-23-18(25)15(20-19(23)30)11-13-4-5-16(29-2)14(10-13)12-22-8-6-17(21-22)24(26)27/h4-6,8,10-11H,3,7,9,12H2,1-2H3,(H,20,30)/b15-11+. The molecule has 11 heteroatoms. The maximum atomic E-state index is 12.6. The van der Waals surface area contributed by atoms with Gasteiger partial charge in [0.15, 0.2) is 5.11 Å². The van der Waals surface area contributed by atoms with E-state index in [0.717, 1.165) is 11.1 Å². The third-order valence-electron chi connectivity index (χ3n) is 4.45. The number of nitrogens with one attached hydrogen (secondary N) is 1. The van der Waals surface area contributed by atoms with Gasteiger partial charge in [-0.2, -0.15) is 4.68 Å². The Balaban J connectivity index is 1.81. The van der Waals surface area contributed by atoms with E-state index in [1.807, 2.05) is 12.1 Å². The van der Waals surface area contributed by atoms with Crippen molar-refractivity contribution in [1.29, 1.82) is 0 Å². The van der Waals surface area contributed by atoms with Crippen LogP contribution in [0.3, 0.4) is 0 Å². The maximum absolute atomic E-state index is 12.6. The minimum absolute atomic E-state index is 0.198. The summed E-state index contributed by atoms with van der Waals surface area (Å²) in [5.74, 6) is 0.184. The lowest BCUT2D eigenvalue weighted by Crippen LogP contribution is -2.32. The smallest absolute Gasteiger partial charge is 0.389 e. The van der Waals surface area contributed by atoms with Gasteiger partial charge in [-0.05, 0) is 47.3 Å². The fourth-order valence-electron chi connectivity index (χ4n) is 3.03. The summed E-state index contributed by atoms with van der Waals surface area (Å²) in [5.41, 5.74) is 1.89. The first-order valence-electron chi connectivity index (χ1n) is 9.11. The molecule has 0 unspecified atom stereocenters. The van der Waals surface area contributed by atoms with Crippen LogP contribution in [0.15, 0.2) is 36.2 Å². The van der Waals surface area contributed by atoms with Crippen molar-refractivity contribution in [1.82, 2.24) is 20.0 Å². The molecule has 158 valence electrons. The first-order chi connectivity index (χ1) is 14.4. The Morgan fingerprint density at radius 3 is 2.80 bits per heavy atom. The molecule has 30 heavy (non-hydrogen) atoms.